The van der Waals surface area contributed by atoms with Gasteiger partial charge in [-0.05, 0) is 34.6 Å². The molecule has 0 unspecified atom stereocenters. The molecule has 0 aliphatic heterocycles. The Balaban J connectivity index is 2.47. The van der Waals surface area contributed by atoms with Crippen LogP contribution in [-0.4, -0.2) is 33.8 Å². The van der Waals surface area contributed by atoms with Crippen molar-refractivity contribution in [3.63, 3.8) is 0 Å². The van der Waals surface area contributed by atoms with Gasteiger partial charge < -0.3 is 10.1 Å². The number of carbonyl (C=O) groups excluding carboxylic acids is 1. The molecular weight excluding hydrogens is 274 g/mol. The van der Waals surface area contributed by atoms with Crippen molar-refractivity contribution >= 4 is 23.5 Å². The minimum atomic E-state index is -0.435. The Morgan fingerprint density at radius 2 is 2.10 bits per heavy atom. The first-order chi connectivity index (χ1) is 9.30. The van der Waals surface area contributed by atoms with E-state index < -0.39 is 5.60 Å². The molecule has 1 rings (SSSR count). The molecule has 0 aliphatic carbocycles. The predicted octanol–water partition coefficient (Wildman–Crippen LogP) is 2.79. The van der Waals surface area contributed by atoms with Crippen LogP contribution in [0.1, 0.15) is 39.2 Å². The number of hydrogen-bond donors (Lipinski definition) is 1. The number of aryl methyl sites for hydroxylation is 1. The molecule has 1 N–H and O–H groups in total. The molecule has 0 spiro atoms. The van der Waals surface area contributed by atoms with Gasteiger partial charge in [0, 0.05) is 18.3 Å². The molecule has 0 amide bonds. The first-order valence-electron chi connectivity index (χ1n) is 6.68. The fraction of sp³-hybridized carbons (Fsp3) is 0.643. The molecule has 6 heteroatoms. The molecule has 112 valence electrons. The highest BCUT2D eigenvalue weighted by Crippen LogP contribution is 2.14. The van der Waals surface area contributed by atoms with Crippen molar-refractivity contribution in [1.29, 1.82) is 0 Å². The van der Waals surface area contributed by atoms with Crippen LogP contribution < -0.4 is 5.32 Å². The number of carbonyl (C=O) groups is 1. The van der Waals surface area contributed by atoms with Gasteiger partial charge in [-0.25, -0.2) is 9.97 Å². The maximum Gasteiger partial charge on any atom is 0.316 e. The van der Waals surface area contributed by atoms with Crippen LogP contribution in [0.5, 0.6) is 0 Å². The normalized spacial score (nSPS) is 11.2. The summed E-state index contributed by atoms with van der Waals surface area (Å²) in [6.45, 7) is 10.4. The van der Waals surface area contributed by atoms with Crippen LogP contribution in [0.25, 0.3) is 0 Å². The first kappa shape index (κ1) is 16.8. The molecule has 0 radical (unpaired) electrons. The standard InChI is InChI=1S/C14H23N3O2S/c1-6-15-11-7-10(2)16-12(17-11)8-20-9-13(18)19-14(3,4)5/h7H,6,8-9H2,1-5H3,(H,15,16,17). The number of ether oxygens (including phenoxy) is 1. The fourth-order valence-corrected chi connectivity index (χ4v) is 2.20. The van der Waals surface area contributed by atoms with E-state index in [-0.39, 0.29) is 5.97 Å². The summed E-state index contributed by atoms with van der Waals surface area (Å²) in [5, 5.41) is 3.17. The van der Waals surface area contributed by atoms with Crippen LogP contribution >= 0.6 is 11.8 Å². The maximum atomic E-state index is 11.6. The van der Waals surface area contributed by atoms with Crippen LogP contribution in [-0.2, 0) is 15.3 Å². The van der Waals surface area contributed by atoms with Gasteiger partial charge in [0.25, 0.3) is 0 Å². The minimum absolute atomic E-state index is 0.206. The summed E-state index contributed by atoms with van der Waals surface area (Å²) in [7, 11) is 0. The molecule has 0 bridgehead atoms. The molecule has 5 nitrogen and oxygen atoms in total. The lowest BCUT2D eigenvalue weighted by Crippen LogP contribution is -2.25. The molecule has 0 fully saturated rings. The summed E-state index contributed by atoms with van der Waals surface area (Å²) in [6.07, 6.45) is 0. The van der Waals surface area contributed by atoms with Gasteiger partial charge in [0.15, 0.2) is 0 Å². The van der Waals surface area contributed by atoms with E-state index in [0.29, 0.717) is 11.5 Å². The number of nitrogens with one attached hydrogen (secondary N) is 1. The molecule has 0 saturated heterocycles. The van der Waals surface area contributed by atoms with Gasteiger partial charge in [-0.3, -0.25) is 4.79 Å². The second-order valence-electron chi connectivity index (χ2n) is 5.42. The van der Waals surface area contributed by atoms with Crippen molar-refractivity contribution in [1.82, 2.24) is 9.97 Å². The minimum Gasteiger partial charge on any atom is -0.459 e. The topological polar surface area (TPSA) is 64.1 Å². The van der Waals surface area contributed by atoms with Gasteiger partial charge in [0.1, 0.15) is 17.2 Å². The van der Waals surface area contributed by atoms with E-state index in [9.17, 15) is 4.79 Å². The predicted molar refractivity (Wildman–Crippen MR) is 82.9 cm³/mol. The van der Waals surface area contributed by atoms with Gasteiger partial charge >= 0.3 is 5.97 Å². The molecule has 1 aromatic heterocycles. The van der Waals surface area contributed by atoms with Crippen molar-refractivity contribution in [2.24, 2.45) is 0 Å². The van der Waals surface area contributed by atoms with E-state index in [1.165, 1.54) is 11.8 Å². The van der Waals surface area contributed by atoms with E-state index in [2.05, 4.69) is 15.3 Å². The molecule has 0 atom stereocenters. The van der Waals surface area contributed by atoms with Crippen molar-refractivity contribution in [3.05, 3.63) is 17.6 Å². The lowest BCUT2D eigenvalue weighted by Gasteiger charge is -2.19. The lowest BCUT2D eigenvalue weighted by molar-refractivity contribution is -0.151. The Kier molecular flexibility index (Phi) is 6.26. The highest BCUT2D eigenvalue weighted by atomic mass is 32.2. The molecule has 1 aromatic rings. The van der Waals surface area contributed by atoms with Gasteiger partial charge in [-0.1, -0.05) is 0 Å². The average molecular weight is 297 g/mol. The van der Waals surface area contributed by atoms with Crippen LogP contribution in [0, 0.1) is 6.92 Å². The van der Waals surface area contributed by atoms with E-state index in [0.717, 1.165) is 23.9 Å². The Morgan fingerprint density at radius 1 is 1.40 bits per heavy atom. The molecule has 0 saturated carbocycles. The van der Waals surface area contributed by atoms with Gasteiger partial charge in [-0.2, -0.15) is 0 Å². The number of esters is 1. The summed E-state index contributed by atoms with van der Waals surface area (Å²) >= 11 is 1.46. The Morgan fingerprint density at radius 3 is 2.70 bits per heavy atom. The molecule has 0 aromatic carbocycles. The third-order valence-corrected chi connectivity index (χ3v) is 3.03. The number of hydrogen-bond acceptors (Lipinski definition) is 6. The Labute approximate surface area is 124 Å². The molecule has 0 aliphatic rings. The van der Waals surface area contributed by atoms with Crippen LogP contribution in [0.2, 0.25) is 0 Å². The highest BCUT2D eigenvalue weighted by Gasteiger charge is 2.16. The van der Waals surface area contributed by atoms with Crippen LogP contribution in [0.4, 0.5) is 5.82 Å². The van der Waals surface area contributed by atoms with E-state index in [1.54, 1.807) is 0 Å². The molecule has 1 heterocycles. The van der Waals surface area contributed by atoms with E-state index in [4.69, 9.17) is 4.74 Å². The lowest BCUT2D eigenvalue weighted by atomic mass is 10.2. The van der Waals surface area contributed by atoms with Crippen molar-refractivity contribution < 1.29 is 9.53 Å². The number of anilines is 1. The average Bonchev–Trinajstić information content (AvgIpc) is 2.26. The van der Waals surface area contributed by atoms with Crippen molar-refractivity contribution in [2.75, 3.05) is 17.6 Å². The summed E-state index contributed by atoms with van der Waals surface area (Å²) < 4.78 is 5.25. The number of rotatable bonds is 6. The SMILES string of the molecule is CCNc1cc(C)nc(CSCC(=O)OC(C)(C)C)n1. The highest BCUT2D eigenvalue weighted by molar-refractivity contribution is 7.99. The van der Waals surface area contributed by atoms with E-state index >= 15 is 0 Å². The monoisotopic (exact) mass is 297 g/mol. The van der Waals surface area contributed by atoms with Crippen LogP contribution in [0.3, 0.4) is 0 Å². The molecule has 20 heavy (non-hydrogen) atoms. The number of nitrogens with zero attached hydrogens (tertiary/aromatic N) is 2. The first-order valence-corrected chi connectivity index (χ1v) is 7.83. The van der Waals surface area contributed by atoms with E-state index in [1.807, 2.05) is 40.7 Å². The van der Waals surface area contributed by atoms with Crippen molar-refractivity contribution in [3.8, 4) is 0 Å². The number of aromatic nitrogens is 2. The largest absolute Gasteiger partial charge is 0.459 e. The molecular formula is C14H23N3O2S. The summed E-state index contributed by atoms with van der Waals surface area (Å²) in [4.78, 5) is 20.4. The zero-order chi connectivity index (χ0) is 15.2. The van der Waals surface area contributed by atoms with Gasteiger partial charge in [0.2, 0.25) is 0 Å². The summed E-state index contributed by atoms with van der Waals surface area (Å²) in [5.41, 5.74) is 0.485. The second-order valence-corrected chi connectivity index (χ2v) is 6.41. The van der Waals surface area contributed by atoms with Crippen LogP contribution in [0.15, 0.2) is 6.07 Å². The zero-order valence-corrected chi connectivity index (χ0v) is 13.6. The Hall–Kier alpha value is -1.30. The summed E-state index contributed by atoms with van der Waals surface area (Å²) in [6, 6.07) is 1.91. The number of thioether (sulfide) groups is 1. The van der Waals surface area contributed by atoms with Gasteiger partial charge in [0.05, 0.1) is 11.5 Å². The maximum absolute atomic E-state index is 11.6. The van der Waals surface area contributed by atoms with Crippen molar-refractivity contribution in [2.45, 2.75) is 46.0 Å². The Bertz CT molecular complexity index is 458. The smallest absolute Gasteiger partial charge is 0.316 e. The second kappa shape index (κ2) is 7.47. The fourth-order valence-electron chi connectivity index (χ4n) is 1.56. The van der Waals surface area contributed by atoms with Gasteiger partial charge in [-0.15, -0.1) is 11.8 Å². The quantitative estimate of drug-likeness (QED) is 0.815. The zero-order valence-electron chi connectivity index (χ0n) is 12.8. The third kappa shape index (κ3) is 6.75. The summed E-state index contributed by atoms with van der Waals surface area (Å²) in [5.74, 6) is 2.26. The third-order valence-electron chi connectivity index (χ3n) is 2.13.